The molecule has 0 spiro atoms. The van der Waals surface area contributed by atoms with E-state index in [9.17, 15) is 13.2 Å². The van der Waals surface area contributed by atoms with Gasteiger partial charge in [0, 0.05) is 5.56 Å². The lowest BCUT2D eigenvalue weighted by molar-refractivity contribution is -0.144. The van der Waals surface area contributed by atoms with Crippen LogP contribution in [0, 0.1) is 5.92 Å². The number of hydrogen-bond donors (Lipinski definition) is 1. The largest absolute Gasteiger partial charge is 0.493 e. The van der Waals surface area contributed by atoms with Gasteiger partial charge in [0.15, 0.2) is 0 Å². The van der Waals surface area contributed by atoms with Crippen LogP contribution in [0.15, 0.2) is 24.3 Å². The molecule has 2 rings (SSSR count). The highest BCUT2D eigenvalue weighted by Crippen LogP contribution is 2.31. The highest BCUT2D eigenvalue weighted by molar-refractivity contribution is 7.89. The lowest BCUT2D eigenvalue weighted by Gasteiger charge is -2.19. The second-order valence-electron chi connectivity index (χ2n) is 5.40. The van der Waals surface area contributed by atoms with Crippen LogP contribution in [0.2, 0.25) is 0 Å². The van der Waals surface area contributed by atoms with Crippen LogP contribution >= 0.6 is 0 Å². The van der Waals surface area contributed by atoms with Crippen molar-refractivity contribution in [1.29, 1.82) is 0 Å². The Morgan fingerprint density at radius 1 is 1.45 bits per heavy atom. The van der Waals surface area contributed by atoms with Crippen molar-refractivity contribution in [3.05, 3.63) is 29.8 Å². The third kappa shape index (κ3) is 4.20. The van der Waals surface area contributed by atoms with Gasteiger partial charge in [0.2, 0.25) is 10.0 Å². The molecule has 1 N–H and O–H groups in total. The molecule has 1 aromatic carbocycles. The van der Waals surface area contributed by atoms with E-state index in [2.05, 4.69) is 9.46 Å². The van der Waals surface area contributed by atoms with Crippen molar-refractivity contribution in [1.82, 2.24) is 4.72 Å². The molecule has 0 radical (unpaired) electrons. The number of fused-ring (bicyclic) bond motifs is 1. The number of para-hydroxylation sites is 1. The van der Waals surface area contributed by atoms with E-state index in [1.165, 1.54) is 14.0 Å². The van der Waals surface area contributed by atoms with Gasteiger partial charge in [-0.25, -0.2) is 13.1 Å². The molecule has 1 aromatic rings. The number of ether oxygens (including phenoxy) is 2. The molecule has 22 heavy (non-hydrogen) atoms. The van der Waals surface area contributed by atoms with Gasteiger partial charge in [-0.3, -0.25) is 4.79 Å². The molecule has 6 nitrogen and oxygen atoms in total. The lowest BCUT2D eigenvalue weighted by atomic mass is 10.0. The Balaban J connectivity index is 2.14. The number of carbonyl (C=O) groups excluding carboxylic acids is 1. The zero-order valence-electron chi connectivity index (χ0n) is 12.7. The average Bonchev–Trinajstić information content (AvgIpc) is 2.68. The Labute approximate surface area is 130 Å². The maximum Gasteiger partial charge on any atom is 0.309 e. The Kier molecular flexibility index (Phi) is 5.42. The van der Waals surface area contributed by atoms with Crippen LogP contribution in [-0.4, -0.2) is 33.9 Å². The topological polar surface area (TPSA) is 81.7 Å². The fourth-order valence-electron chi connectivity index (χ4n) is 2.51. The van der Waals surface area contributed by atoms with E-state index in [0.29, 0.717) is 18.8 Å². The Morgan fingerprint density at radius 3 is 2.91 bits per heavy atom. The summed E-state index contributed by atoms with van der Waals surface area (Å²) in [6.45, 7) is 2.10. The molecule has 0 saturated heterocycles. The van der Waals surface area contributed by atoms with E-state index in [1.807, 2.05) is 24.3 Å². The van der Waals surface area contributed by atoms with Crippen LogP contribution in [0.25, 0.3) is 0 Å². The summed E-state index contributed by atoms with van der Waals surface area (Å²) in [4.78, 5) is 11.4. The van der Waals surface area contributed by atoms with Gasteiger partial charge in [0.05, 0.1) is 31.4 Å². The van der Waals surface area contributed by atoms with Crippen LogP contribution in [-0.2, 0) is 19.6 Å². The van der Waals surface area contributed by atoms with Crippen LogP contribution in [0.1, 0.15) is 31.4 Å². The summed E-state index contributed by atoms with van der Waals surface area (Å²) in [6.07, 6.45) is 1.41. The molecule has 0 amide bonds. The number of esters is 1. The molecule has 122 valence electrons. The number of carbonyl (C=O) groups is 1. The molecular weight excluding hydrogens is 306 g/mol. The number of methoxy groups -OCH3 is 1. The van der Waals surface area contributed by atoms with Crippen molar-refractivity contribution in [3.63, 3.8) is 0 Å². The van der Waals surface area contributed by atoms with Crippen molar-refractivity contribution in [3.8, 4) is 5.75 Å². The molecule has 0 aromatic heterocycles. The molecular formula is C15H21NO5S. The monoisotopic (exact) mass is 327 g/mol. The fraction of sp³-hybridized carbons (Fsp3) is 0.533. The molecule has 1 aliphatic rings. The van der Waals surface area contributed by atoms with Crippen molar-refractivity contribution in [2.75, 3.05) is 19.5 Å². The maximum absolute atomic E-state index is 12.3. The van der Waals surface area contributed by atoms with Gasteiger partial charge in [-0.2, -0.15) is 0 Å². The number of nitrogens with one attached hydrogen (secondary N) is 1. The lowest BCUT2D eigenvalue weighted by Crippen LogP contribution is -2.34. The van der Waals surface area contributed by atoms with Gasteiger partial charge in [0.25, 0.3) is 0 Å². The Hall–Kier alpha value is -1.60. The quantitative estimate of drug-likeness (QED) is 0.831. The summed E-state index contributed by atoms with van der Waals surface area (Å²) in [7, 11) is -2.35. The minimum Gasteiger partial charge on any atom is -0.493 e. The van der Waals surface area contributed by atoms with Crippen LogP contribution in [0.5, 0.6) is 5.75 Å². The SMILES string of the molecule is COC(=O)[C@@H](C)CS(=O)(=O)N[C@@H]1CCCOc2ccccc21. The molecule has 0 bridgehead atoms. The normalized spacial score (nSPS) is 19.5. The van der Waals surface area contributed by atoms with Crippen molar-refractivity contribution < 1.29 is 22.7 Å². The van der Waals surface area contributed by atoms with Gasteiger partial charge in [-0.15, -0.1) is 0 Å². The smallest absolute Gasteiger partial charge is 0.309 e. The van der Waals surface area contributed by atoms with Crippen molar-refractivity contribution in [2.45, 2.75) is 25.8 Å². The summed E-state index contributed by atoms with van der Waals surface area (Å²) >= 11 is 0. The molecule has 0 unspecified atom stereocenters. The van der Waals surface area contributed by atoms with Gasteiger partial charge in [-0.1, -0.05) is 25.1 Å². The van der Waals surface area contributed by atoms with Crippen LogP contribution in [0.3, 0.4) is 0 Å². The van der Waals surface area contributed by atoms with Crippen molar-refractivity contribution >= 4 is 16.0 Å². The summed E-state index contributed by atoms with van der Waals surface area (Å²) in [5, 5.41) is 0. The Morgan fingerprint density at radius 2 is 2.18 bits per heavy atom. The van der Waals surface area contributed by atoms with Gasteiger partial charge >= 0.3 is 5.97 Å². The molecule has 0 fully saturated rings. The third-order valence-corrected chi connectivity index (χ3v) is 5.17. The van der Waals surface area contributed by atoms with Crippen LogP contribution in [0.4, 0.5) is 0 Å². The molecule has 0 saturated carbocycles. The van der Waals surface area contributed by atoms with Gasteiger partial charge < -0.3 is 9.47 Å². The van der Waals surface area contributed by atoms with Crippen molar-refractivity contribution in [2.24, 2.45) is 5.92 Å². The molecule has 0 aliphatic carbocycles. The summed E-state index contributed by atoms with van der Waals surface area (Å²) < 4.78 is 37.5. The third-order valence-electron chi connectivity index (χ3n) is 3.58. The molecule has 2 atom stereocenters. The minimum absolute atomic E-state index is 0.292. The molecule has 1 heterocycles. The van der Waals surface area contributed by atoms with Crippen LogP contribution < -0.4 is 9.46 Å². The first kappa shape index (κ1) is 16.8. The number of benzene rings is 1. The highest BCUT2D eigenvalue weighted by Gasteiger charge is 2.27. The fourth-order valence-corrected chi connectivity index (χ4v) is 4.08. The van der Waals surface area contributed by atoms with E-state index in [0.717, 1.165) is 12.0 Å². The summed E-state index contributed by atoms with van der Waals surface area (Å²) in [6, 6.07) is 7.06. The Bertz CT molecular complexity index is 629. The molecule has 1 aliphatic heterocycles. The first-order valence-electron chi connectivity index (χ1n) is 7.22. The second kappa shape index (κ2) is 7.11. The van der Waals surface area contributed by atoms with Gasteiger partial charge in [0.1, 0.15) is 5.75 Å². The molecule has 7 heteroatoms. The van der Waals surface area contributed by atoms with E-state index in [4.69, 9.17) is 4.74 Å². The number of rotatable bonds is 5. The van der Waals surface area contributed by atoms with Gasteiger partial charge in [-0.05, 0) is 18.9 Å². The predicted octanol–water partition coefficient (Wildman–Crippen LogP) is 1.63. The first-order valence-corrected chi connectivity index (χ1v) is 8.87. The number of hydrogen-bond acceptors (Lipinski definition) is 5. The highest BCUT2D eigenvalue weighted by atomic mass is 32.2. The predicted molar refractivity (Wildman–Crippen MR) is 82.0 cm³/mol. The van der Waals surface area contributed by atoms with E-state index < -0.39 is 21.9 Å². The zero-order valence-corrected chi connectivity index (χ0v) is 13.6. The summed E-state index contributed by atoms with van der Waals surface area (Å²) in [5.41, 5.74) is 0.828. The standard InChI is InChI=1S/C15H21NO5S/c1-11(15(17)20-2)10-22(18,19)16-13-7-5-9-21-14-8-4-3-6-12(13)14/h3-4,6,8,11,13,16H,5,7,9-10H2,1-2H3/t11-,13+/m0/s1. The first-order chi connectivity index (χ1) is 10.4. The zero-order chi connectivity index (χ0) is 16.2. The summed E-state index contributed by atoms with van der Waals surface area (Å²) in [5.74, 6) is -0.831. The van der Waals surface area contributed by atoms with E-state index in [-0.39, 0.29) is 11.8 Å². The van der Waals surface area contributed by atoms with E-state index >= 15 is 0 Å². The maximum atomic E-state index is 12.3. The second-order valence-corrected chi connectivity index (χ2v) is 7.20. The number of sulfonamides is 1. The van der Waals surface area contributed by atoms with E-state index in [1.54, 1.807) is 0 Å². The average molecular weight is 327 g/mol. The minimum atomic E-state index is -3.60.